The van der Waals surface area contributed by atoms with Gasteiger partial charge < -0.3 is 14.2 Å². The number of ether oxygens (including phenoxy) is 3. The third-order valence-electron chi connectivity index (χ3n) is 5.79. The van der Waals surface area contributed by atoms with Crippen LogP contribution < -0.4 is 4.74 Å². The Morgan fingerprint density at radius 3 is 2.19 bits per heavy atom. The lowest BCUT2D eigenvalue weighted by Crippen LogP contribution is -2.34. The van der Waals surface area contributed by atoms with E-state index in [-0.39, 0.29) is 12.2 Å². The molecule has 0 unspecified atom stereocenters. The molecule has 0 radical (unpaired) electrons. The Balaban J connectivity index is 1.53. The summed E-state index contributed by atoms with van der Waals surface area (Å²) in [4.78, 5) is 0. The number of alkyl halides is 1. The van der Waals surface area contributed by atoms with Gasteiger partial charge in [0.1, 0.15) is 13.3 Å². The average Bonchev–Trinajstić information content (AvgIpc) is 2.68. The Kier molecular flexibility index (Phi) is 7.41. The van der Waals surface area contributed by atoms with Crippen LogP contribution in [0.5, 0.6) is 5.75 Å². The van der Waals surface area contributed by atoms with Crippen molar-refractivity contribution in [3.8, 4) is 5.75 Å². The number of hydrogen-bond donors (Lipinski definition) is 0. The maximum atomic E-state index is 14.1. The first-order valence-corrected chi connectivity index (χ1v) is 10.0. The van der Waals surface area contributed by atoms with Gasteiger partial charge in [-0.15, -0.1) is 0 Å². The van der Waals surface area contributed by atoms with Gasteiger partial charge in [-0.2, -0.15) is 0 Å². The molecule has 0 atom stereocenters. The van der Waals surface area contributed by atoms with E-state index in [1.54, 1.807) is 0 Å². The van der Waals surface area contributed by atoms with Gasteiger partial charge in [0.2, 0.25) is 0 Å². The first kappa shape index (κ1) is 20.5. The highest BCUT2D eigenvalue weighted by atomic mass is 19.1. The fourth-order valence-corrected chi connectivity index (χ4v) is 4.33. The Labute approximate surface area is 159 Å². The summed E-state index contributed by atoms with van der Waals surface area (Å²) in [6, 6.07) is 2.27. The highest BCUT2D eigenvalue weighted by Crippen LogP contribution is 2.39. The van der Waals surface area contributed by atoms with Crippen molar-refractivity contribution in [3.63, 3.8) is 0 Å². The smallest absolute Gasteiger partial charge is 0.190 e. The predicted molar refractivity (Wildman–Crippen MR) is 96.3 cm³/mol. The van der Waals surface area contributed by atoms with E-state index in [1.165, 1.54) is 38.5 Å². The van der Waals surface area contributed by atoms with E-state index in [9.17, 15) is 13.2 Å². The molecule has 0 amide bonds. The number of benzene rings is 1. The summed E-state index contributed by atoms with van der Waals surface area (Å²) in [5.74, 6) is -0.513. The van der Waals surface area contributed by atoms with Gasteiger partial charge in [-0.1, -0.05) is 32.6 Å². The van der Waals surface area contributed by atoms with Crippen molar-refractivity contribution in [2.75, 3.05) is 26.5 Å². The quantitative estimate of drug-likeness (QED) is 0.612. The van der Waals surface area contributed by atoms with Gasteiger partial charge in [-0.05, 0) is 36.8 Å². The summed E-state index contributed by atoms with van der Waals surface area (Å²) in [6.45, 7) is 2.12. The molecule has 0 spiro atoms. The molecule has 1 aliphatic heterocycles. The SMILES string of the molecule is CCCC1CCC(C2COC(c3cc(F)c(OCCF)c(F)c3)OC2)CC1. The van der Waals surface area contributed by atoms with Crippen LogP contribution in [-0.4, -0.2) is 26.5 Å². The van der Waals surface area contributed by atoms with Crippen molar-refractivity contribution in [2.45, 2.75) is 51.7 Å². The van der Waals surface area contributed by atoms with Crippen LogP contribution >= 0.6 is 0 Å². The lowest BCUT2D eigenvalue weighted by atomic mass is 9.75. The van der Waals surface area contributed by atoms with Crippen LogP contribution in [0.4, 0.5) is 13.2 Å². The molecule has 6 heteroatoms. The largest absolute Gasteiger partial charge is 0.485 e. The van der Waals surface area contributed by atoms with Gasteiger partial charge in [0.15, 0.2) is 23.7 Å². The highest BCUT2D eigenvalue weighted by Gasteiger charge is 2.32. The molecule has 0 N–H and O–H groups in total. The topological polar surface area (TPSA) is 27.7 Å². The summed E-state index contributed by atoms with van der Waals surface area (Å²) in [5.41, 5.74) is 0.280. The van der Waals surface area contributed by atoms with Crippen LogP contribution in [0.2, 0.25) is 0 Å². The van der Waals surface area contributed by atoms with E-state index in [2.05, 4.69) is 6.92 Å². The first-order chi connectivity index (χ1) is 13.1. The van der Waals surface area contributed by atoms with Crippen LogP contribution in [0.25, 0.3) is 0 Å². The zero-order chi connectivity index (χ0) is 19.2. The van der Waals surface area contributed by atoms with Crippen molar-refractivity contribution < 1.29 is 27.4 Å². The van der Waals surface area contributed by atoms with Crippen LogP contribution in [0, 0.1) is 29.4 Å². The zero-order valence-corrected chi connectivity index (χ0v) is 15.9. The Morgan fingerprint density at radius 1 is 1.00 bits per heavy atom. The van der Waals surface area contributed by atoms with Crippen LogP contribution in [0.15, 0.2) is 12.1 Å². The first-order valence-electron chi connectivity index (χ1n) is 10.0. The number of rotatable bonds is 7. The summed E-state index contributed by atoms with van der Waals surface area (Å²) in [6.07, 6.45) is 6.74. The fourth-order valence-electron chi connectivity index (χ4n) is 4.33. The molecule has 27 heavy (non-hydrogen) atoms. The second kappa shape index (κ2) is 9.78. The van der Waals surface area contributed by atoms with Gasteiger partial charge in [0.05, 0.1) is 13.2 Å². The third-order valence-corrected chi connectivity index (χ3v) is 5.79. The van der Waals surface area contributed by atoms with Gasteiger partial charge in [-0.25, -0.2) is 13.2 Å². The van der Waals surface area contributed by atoms with E-state index in [1.807, 2.05) is 0 Å². The van der Waals surface area contributed by atoms with Crippen molar-refractivity contribution in [3.05, 3.63) is 29.3 Å². The van der Waals surface area contributed by atoms with Crippen molar-refractivity contribution in [1.82, 2.24) is 0 Å². The minimum atomic E-state index is -0.873. The van der Waals surface area contributed by atoms with E-state index >= 15 is 0 Å². The second-order valence-electron chi connectivity index (χ2n) is 7.68. The molecule has 1 heterocycles. The van der Waals surface area contributed by atoms with Crippen LogP contribution in [-0.2, 0) is 9.47 Å². The standard InChI is InChI=1S/C21H29F3O3/c1-2-3-14-4-6-15(7-5-14)17-12-26-21(27-13-17)16-10-18(23)20(19(24)11-16)25-9-8-22/h10-11,14-15,17,21H,2-9,12-13H2,1H3. The van der Waals surface area contributed by atoms with E-state index in [0.717, 1.165) is 18.1 Å². The van der Waals surface area contributed by atoms with Gasteiger partial charge in [-0.3, -0.25) is 0 Å². The van der Waals surface area contributed by atoms with Crippen LogP contribution in [0.1, 0.15) is 57.3 Å². The molecule has 3 nitrogen and oxygen atoms in total. The number of halogens is 3. The number of hydrogen-bond acceptors (Lipinski definition) is 3. The monoisotopic (exact) mass is 386 g/mol. The minimum absolute atomic E-state index is 0.280. The predicted octanol–water partition coefficient (Wildman–Crippen LogP) is 5.58. The Hall–Kier alpha value is -1.27. The maximum absolute atomic E-state index is 14.1. The molecule has 1 aromatic rings. The molecular weight excluding hydrogens is 357 g/mol. The Morgan fingerprint density at radius 2 is 1.63 bits per heavy atom. The molecular formula is C21H29F3O3. The summed E-state index contributed by atoms with van der Waals surface area (Å²) < 4.78 is 56.6. The molecule has 2 aliphatic rings. The minimum Gasteiger partial charge on any atom is -0.485 e. The molecule has 1 saturated heterocycles. The van der Waals surface area contributed by atoms with E-state index < -0.39 is 30.3 Å². The summed E-state index contributed by atoms with van der Waals surface area (Å²) >= 11 is 0. The van der Waals surface area contributed by atoms with Crippen molar-refractivity contribution >= 4 is 0 Å². The zero-order valence-electron chi connectivity index (χ0n) is 15.9. The highest BCUT2D eigenvalue weighted by molar-refractivity contribution is 5.32. The third kappa shape index (κ3) is 5.17. The normalized spacial score (nSPS) is 28.9. The summed E-state index contributed by atoms with van der Waals surface area (Å²) in [5, 5.41) is 0. The average molecular weight is 386 g/mol. The summed E-state index contributed by atoms with van der Waals surface area (Å²) in [7, 11) is 0. The Bertz CT molecular complexity index is 571. The van der Waals surface area contributed by atoms with E-state index in [0.29, 0.717) is 25.0 Å². The van der Waals surface area contributed by atoms with Crippen molar-refractivity contribution in [2.24, 2.45) is 17.8 Å². The molecule has 3 rings (SSSR count). The molecule has 1 saturated carbocycles. The molecule has 0 bridgehead atoms. The van der Waals surface area contributed by atoms with Crippen molar-refractivity contribution in [1.29, 1.82) is 0 Å². The molecule has 152 valence electrons. The van der Waals surface area contributed by atoms with Gasteiger partial charge >= 0.3 is 0 Å². The molecule has 0 aromatic heterocycles. The molecule has 1 aliphatic carbocycles. The fraction of sp³-hybridized carbons (Fsp3) is 0.714. The molecule has 2 fully saturated rings. The second-order valence-corrected chi connectivity index (χ2v) is 7.68. The maximum Gasteiger partial charge on any atom is 0.190 e. The molecule has 1 aromatic carbocycles. The van der Waals surface area contributed by atoms with E-state index in [4.69, 9.17) is 14.2 Å². The van der Waals surface area contributed by atoms with Crippen LogP contribution in [0.3, 0.4) is 0 Å². The lowest BCUT2D eigenvalue weighted by Gasteiger charge is -2.37. The van der Waals surface area contributed by atoms with Gasteiger partial charge in [0.25, 0.3) is 0 Å². The van der Waals surface area contributed by atoms with Gasteiger partial charge in [0, 0.05) is 11.5 Å². The lowest BCUT2D eigenvalue weighted by molar-refractivity contribution is -0.215.